The first-order valence-electron chi connectivity index (χ1n) is 7.30. The Morgan fingerprint density at radius 3 is 2.67 bits per heavy atom. The Kier molecular flexibility index (Phi) is 3.45. The number of imidazole rings is 1. The first-order valence-corrected chi connectivity index (χ1v) is 7.71. The number of aromatic nitrogens is 4. The van der Waals surface area contributed by atoms with Crippen molar-refractivity contribution < 1.29 is 0 Å². The van der Waals surface area contributed by atoms with Crippen LogP contribution in [0, 0.1) is 4.77 Å². The van der Waals surface area contributed by atoms with Crippen LogP contribution in [0.1, 0.15) is 37.9 Å². The van der Waals surface area contributed by atoms with Gasteiger partial charge in [0.05, 0.1) is 11.4 Å². The lowest BCUT2D eigenvalue weighted by molar-refractivity contribution is 0.745. The van der Waals surface area contributed by atoms with Gasteiger partial charge in [0.2, 0.25) is 0 Å². The number of hydrogen-bond acceptors (Lipinski definition) is 2. The van der Waals surface area contributed by atoms with Crippen LogP contribution in [0.15, 0.2) is 24.3 Å². The van der Waals surface area contributed by atoms with Crippen molar-refractivity contribution in [1.82, 2.24) is 19.3 Å². The zero-order valence-electron chi connectivity index (χ0n) is 12.8. The molecule has 3 aromatic rings. The number of fused-ring (bicyclic) bond motifs is 1. The van der Waals surface area contributed by atoms with Crippen molar-refractivity contribution in [1.29, 1.82) is 0 Å². The summed E-state index contributed by atoms with van der Waals surface area (Å²) >= 11 is 5.57. The van der Waals surface area contributed by atoms with Gasteiger partial charge in [0.25, 0.3) is 0 Å². The fourth-order valence-electron chi connectivity index (χ4n) is 2.86. The smallest absolute Gasteiger partial charge is 0.184 e. The van der Waals surface area contributed by atoms with Crippen molar-refractivity contribution in [3.05, 3.63) is 40.3 Å². The minimum Gasteiger partial charge on any atom is -0.327 e. The molecule has 4 nitrogen and oxygen atoms in total. The van der Waals surface area contributed by atoms with Crippen LogP contribution in [-0.4, -0.2) is 19.3 Å². The molecule has 0 saturated carbocycles. The van der Waals surface area contributed by atoms with E-state index in [1.165, 1.54) is 5.56 Å². The average molecular weight is 300 g/mol. The van der Waals surface area contributed by atoms with Crippen molar-refractivity contribution in [3.63, 3.8) is 0 Å². The molecule has 3 rings (SSSR count). The van der Waals surface area contributed by atoms with Gasteiger partial charge in [-0.25, -0.2) is 4.68 Å². The summed E-state index contributed by atoms with van der Waals surface area (Å²) in [5, 5.41) is 4.59. The number of para-hydroxylation sites is 1. The van der Waals surface area contributed by atoms with Gasteiger partial charge >= 0.3 is 0 Å². The third kappa shape index (κ3) is 2.12. The fourth-order valence-corrected chi connectivity index (χ4v) is 3.15. The largest absolute Gasteiger partial charge is 0.327 e. The van der Waals surface area contributed by atoms with Gasteiger partial charge in [0.1, 0.15) is 5.52 Å². The molecule has 0 bridgehead atoms. The average Bonchev–Trinajstić information content (AvgIpc) is 2.95. The molecule has 0 fully saturated rings. The van der Waals surface area contributed by atoms with Gasteiger partial charge in [-0.3, -0.25) is 4.57 Å². The molecule has 0 unspecified atom stereocenters. The van der Waals surface area contributed by atoms with E-state index in [4.69, 9.17) is 12.2 Å². The Morgan fingerprint density at radius 1 is 1.29 bits per heavy atom. The molecule has 0 spiro atoms. The van der Waals surface area contributed by atoms with E-state index in [1.807, 2.05) is 11.7 Å². The first kappa shape index (κ1) is 14.1. The highest BCUT2D eigenvalue weighted by Gasteiger charge is 2.17. The van der Waals surface area contributed by atoms with E-state index in [9.17, 15) is 0 Å². The SMILES string of the molecule is CCc1nn(C)c2c1[nH]c(=S)n2-c1ccccc1C(C)C. The number of aromatic amines is 1. The molecule has 0 saturated heterocycles. The van der Waals surface area contributed by atoms with E-state index in [1.54, 1.807) is 0 Å². The van der Waals surface area contributed by atoms with Crippen molar-refractivity contribution >= 4 is 23.4 Å². The highest BCUT2D eigenvalue weighted by molar-refractivity contribution is 7.71. The van der Waals surface area contributed by atoms with Crippen LogP contribution in [0.2, 0.25) is 0 Å². The Labute approximate surface area is 129 Å². The second-order valence-electron chi connectivity index (χ2n) is 5.60. The van der Waals surface area contributed by atoms with Crippen LogP contribution >= 0.6 is 12.2 Å². The van der Waals surface area contributed by atoms with E-state index in [0.29, 0.717) is 5.92 Å². The predicted molar refractivity (Wildman–Crippen MR) is 88.7 cm³/mol. The van der Waals surface area contributed by atoms with Crippen LogP contribution in [-0.2, 0) is 13.5 Å². The Balaban J connectivity index is 2.39. The summed E-state index contributed by atoms with van der Waals surface area (Å²) in [6, 6.07) is 8.42. The normalized spacial score (nSPS) is 11.7. The second kappa shape index (κ2) is 5.15. The molecule has 0 aliphatic heterocycles. The Hall–Kier alpha value is -1.88. The van der Waals surface area contributed by atoms with Gasteiger partial charge in [-0.05, 0) is 36.2 Å². The summed E-state index contributed by atoms with van der Waals surface area (Å²) in [5.41, 5.74) is 5.55. The summed E-state index contributed by atoms with van der Waals surface area (Å²) in [6.07, 6.45) is 0.887. The molecule has 110 valence electrons. The highest BCUT2D eigenvalue weighted by atomic mass is 32.1. The van der Waals surface area contributed by atoms with E-state index in [2.05, 4.69) is 59.7 Å². The van der Waals surface area contributed by atoms with E-state index < -0.39 is 0 Å². The maximum absolute atomic E-state index is 5.57. The molecule has 1 aromatic carbocycles. The van der Waals surface area contributed by atoms with Gasteiger partial charge < -0.3 is 4.98 Å². The molecular weight excluding hydrogens is 280 g/mol. The summed E-state index contributed by atoms with van der Waals surface area (Å²) in [7, 11) is 1.97. The zero-order valence-corrected chi connectivity index (χ0v) is 13.7. The number of benzene rings is 1. The molecule has 2 heterocycles. The Morgan fingerprint density at radius 2 is 2.00 bits per heavy atom. The van der Waals surface area contributed by atoms with Crippen molar-refractivity contribution in [2.45, 2.75) is 33.1 Å². The number of hydrogen-bond donors (Lipinski definition) is 1. The first-order chi connectivity index (χ1) is 10.0. The molecule has 5 heteroatoms. The van der Waals surface area contributed by atoms with Crippen molar-refractivity contribution in [2.75, 3.05) is 0 Å². The third-order valence-corrected chi connectivity index (χ3v) is 4.16. The predicted octanol–water partition coefficient (Wildman–Crippen LogP) is 4.11. The minimum absolute atomic E-state index is 0.437. The van der Waals surface area contributed by atoms with Crippen LogP contribution < -0.4 is 0 Å². The maximum atomic E-state index is 5.57. The van der Waals surface area contributed by atoms with Gasteiger partial charge in [0.15, 0.2) is 10.4 Å². The lowest BCUT2D eigenvalue weighted by Gasteiger charge is -2.14. The number of nitrogens with zero attached hydrogens (tertiary/aromatic N) is 3. The molecule has 0 radical (unpaired) electrons. The maximum Gasteiger partial charge on any atom is 0.184 e. The van der Waals surface area contributed by atoms with Gasteiger partial charge in [-0.15, -0.1) is 0 Å². The summed E-state index contributed by atoms with van der Waals surface area (Å²) < 4.78 is 4.74. The third-order valence-electron chi connectivity index (χ3n) is 3.87. The molecule has 0 amide bonds. The van der Waals surface area contributed by atoms with Crippen LogP contribution in [0.4, 0.5) is 0 Å². The fraction of sp³-hybridized carbons (Fsp3) is 0.375. The topological polar surface area (TPSA) is 38.5 Å². The lowest BCUT2D eigenvalue weighted by Crippen LogP contribution is -2.04. The molecular formula is C16H20N4S. The van der Waals surface area contributed by atoms with Crippen LogP contribution in [0.3, 0.4) is 0 Å². The minimum atomic E-state index is 0.437. The van der Waals surface area contributed by atoms with Gasteiger partial charge in [-0.1, -0.05) is 39.0 Å². The number of aryl methyl sites for hydroxylation is 2. The number of rotatable bonds is 3. The molecule has 0 atom stereocenters. The van der Waals surface area contributed by atoms with E-state index in [-0.39, 0.29) is 0 Å². The molecule has 1 N–H and O–H groups in total. The summed E-state index contributed by atoms with van der Waals surface area (Å²) in [6.45, 7) is 6.51. The molecule has 21 heavy (non-hydrogen) atoms. The van der Waals surface area contributed by atoms with Crippen molar-refractivity contribution in [2.24, 2.45) is 7.05 Å². The molecule has 2 aromatic heterocycles. The summed E-state index contributed by atoms with van der Waals surface area (Å²) in [4.78, 5) is 3.33. The Bertz CT molecular complexity index is 851. The van der Waals surface area contributed by atoms with E-state index in [0.717, 1.165) is 33.7 Å². The molecule has 0 aliphatic carbocycles. The summed E-state index contributed by atoms with van der Waals surface area (Å²) in [5.74, 6) is 0.437. The van der Waals surface area contributed by atoms with Gasteiger partial charge in [-0.2, -0.15) is 5.10 Å². The molecule has 0 aliphatic rings. The number of H-pyrrole nitrogens is 1. The standard InChI is InChI=1S/C16H20N4S/c1-5-12-14-15(19(4)18-12)20(16(21)17-14)13-9-7-6-8-11(13)10(2)3/h6-10H,5H2,1-4H3,(H,17,21). The quantitative estimate of drug-likeness (QED) is 0.739. The van der Waals surface area contributed by atoms with Crippen molar-refractivity contribution in [3.8, 4) is 5.69 Å². The monoisotopic (exact) mass is 300 g/mol. The highest BCUT2D eigenvalue weighted by Crippen LogP contribution is 2.27. The zero-order chi connectivity index (χ0) is 15.1. The van der Waals surface area contributed by atoms with E-state index >= 15 is 0 Å². The van der Waals surface area contributed by atoms with Gasteiger partial charge in [0, 0.05) is 7.05 Å². The second-order valence-corrected chi connectivity index (χ2v) is 5.99. The lowest BCUT2D eigenvalue weighted by atomic mass is 10.0. The van der Waals surface area contributed by atoms with Crippen LogP contribution in [0.25, 0.3) is 16.9 Å². The van der Waals surface area contributed by atoms with Crippen LogP contribution in [0.5, 0.6) is 0 Å². The number of nitrogens with one attached hydrogen (secondary N) is 1.